The highest BCUT2D eigenvalue weighted by Crippen LogP contribution is 2.28. The lowest BCUT2D eigenvalue weighted by Crippen LogP contribution is -2.30. The number of nitrogens with zero attached hydrogens (tertiary/aromatic N) is 1. The molecule has 0 aliphatic carbocycles. The van der Waals surface area contributed by atoms with Crippen molar-refractivity contribution in [2.24, 2.45) is 0 Å². The molecule has 5 heteroatoms. The van der Waals surface area contributed by atoms with Crippen LogP contribution >= 0.6 is 11.6 Å². The van der Waals surface area contributed by atoms with Gasteiger partial charge in [0.2, 0.25) is 0 Å². The van der Waals surface area contributed by atoms with Crippen molar-refractivity contribution in [3.05, 3.63) is 94.1 Å². The molecule has 2 heterocycles. The van der Waals surface area contributed by atoms with Crippen molar-refractivity contribution in [1.29, 1.82) is 0 Å². The van der Waals surface area contributed by atoms with Gasteiger partial charge in [0.05, 0.1) is 12.8 Å². The first-order chi connectivity index (χ1) is 13.5. The van der Waals surface area contributed by atoms with Gasteiger partial charge in [-0.15, -0.1) is 0 Å². The van der Waals surface area contributed by atoms with Crippen LogP contribution in [0.15, 0.2) is 69.7 Å². The minimum absolute atomic E-state index is 0.178. The number of halogens is 1. The second-order valence-corrected chi connectivity index (χ2v) is 7.36. The lowest BCUT2D eigenvalue weighted by Gasteiger charge is -2.21. The third kappa shape index (κ3) is 3.69. The average molecular weight is 394 g/mol. The molecule has 4 rings (SSSR count). The van der Waals surface area contributed by atoms with Crippen molar-refractivity contribution in [3.63, 3.8) is 0 Å². The van der Waals surface area contributed by atoms with Crippen LogP contribution in [0, 0.1) is 13.8 Å². The van der Waals surface area contributed by atoms with Gasteiger partial charge < -0.3 is 13.7 Å². The molecule has 0 unspecified atom stereocenters. The van der Waals surface area contributed by atoms with Crippen molar-refractivity contribution in [3.8, 4) is 0 Å². The molecule has 0 spiro atoms. The summed E-state index contributed by atoms with van der Waals surface area (Å²) in [4.78, 5) is 15.1. The number of furan rings is 2. The van der Waals surface area contributed by atoms with Gasteiger partial charge in [-0.1, -0.05) is 35.4 Å². The summed E-state index contributed by atoms with van der Waals surface area (Å²) in [6, 6.07) is 17.1. The second kappa shape index (κ2) is 7.56. The van der Waals surface area contributed by atoms with Crippen LogP contribution in [-0.2, 0) is 13.1 Å². The molecule has 0 fully saturated rings. The fourth-order valence-electron chi connectivity index (χ4n) is 3.33. The summed E-state index contributed by atoms with van der Waals surface area (Å²) in [6.07, 6.45) is 1.60. The molecular formula is C23H20ClNO3. The monoisotopic (exact) mass is 393 g/mol. The van der Waals surface area contributed by atoms with E-state index in [1.807, 2.05) is 68.4 Å². The summed E-state index contributed by atoms with van der Waals surface area (Å²) in [6.45, 7) is 4.68. The van der Waals surface area contributed by atoms with Gasteiger partial charge in [0.25, 0.3) is 5.91 Å². The molecule has 0 saturated heterocycles. The van der Waals surface area contributed by atoms with Crippen LogP contribution in [-0.4, -0.2) is 10.8 Å². The number of carbonyl (C=O) groups excluding carboxylic acids is 1. The smallest absolute Gasteiger partial charge is 0.290 e. The van der Waals surface area contributed by atoms with Crippen LogP contribution in [0.4, 0.5) is 0 Å². The molecule has 0 radical (unpaired) electrons. The molecule has 4 aromatic rings. The largest absolute Gasteiger partial charge is 0.467 e. The lowest BCUT2D eigenvalue weighted by atomic mass is 10.1. The molecule has 2 aromatic carbocycles. The molecule has 0 aliphatic heterocycles. The number of benzene rings is 2. The number of hydrogen-bond donors (Lipinski definition) is 0. The molecule has 28 heavy (non-hydrogen) atoms. The van der Waals surface area contributed by atoms with E-state index in [0.29, 0.717) is 35.2 Å². The first-order valence-electron chi connectivity index (χ1n) is 9.07. The van der Waals surface area contributed by atoms with Gasteiger partial charge in [-0.25, -0.2) is 0 Å². The fraction of sp³-hybridized carbons (Fsp3) is 0.174. The van der Waals surface area contributed by atoms with Gasteiger partial charge >= 0.3 is 0 Å². The first-order valence-corrected chi connectivity index (χ1v) is 9.45. The predicted molar refractivity (Wildman–Crippen MR) is 109 cm³/mol. The Morgan fingerprint density at radius 2 is 1.89 bits per heavy atom. The SMILES string of the molecule is Cc1ccc2oc(C(=O)N(Cc3cccc(Cl)c3)Cc3ccco3)c(C)c2c1. The first kappa shape index (κ1) is 18.4. The van der Waals surface area contributed by atoms with E-state index in [1.54, 1.807) is 11.2 Å². The highest BCUT2D eigenvalue weighted by molar-refractivity contribution is 6.30. The van der Waals surface area contributed by atoms with E-state index in [1.165, 1.54) is 0 Å². The Kier molecular flexibility index (Phi) is 4.97. The maximum absolute atomic E-state index is 13.4. The summed E-state index contributed by atoms with van der Waals surface area (Å²) in [5, 5.41) is 1.60. The molecule has 0 saturated carbocycles. The maximum atomic E-state index is 13.4. The lowest BCUT2D eigenvalue weighted by molar-refractivity contribution is 0.0686. The summed E-state index contributed by atoms with van der Waals surface area (Å²) in [5.74, 6) is 0.886. The Morgan fingerprint density at radius 3 is 2.64 bits per heavy atom. The Morgan fingerprint density at radius 1 is 1.04 bits per heavy atom. The van der Waals surface area contributed by atoms with E-state index in [9.17, 15) is 4.79 Å². The van der Waals surface area contributed by atoms with E-state index in [0.717, 1.165) is 22.1 Å². The fourth-order valence-corrected chi connectivity index (χ4v) is 3.54. The highest BCUT2D eigenvalue weighted by atomic mass is 35.5. The van der Waals surface area contributed by atoms with Crippen molar-refractivity contribution >= 4 is 28.5 Å². The van der Waals surface area contributed by atoms with Crippen molar-refractivity contribution in [2.45, 2.75) is 26.9 Å². The zero-order chi connectivity index (χ0) is 19.7. The van der Waals surface area contributed by atoms with E-state index in [4.69, 9.17) is 20.4 Å². The Hall–Kier alpha value is -2.98. The van der Waals surface area contributed by atoms with Gasteiger partial charge in [0.1, 0.15) is 11.3 Å². The van der Waals surface area contributed by atoms with Gasteiger partial charge in [0.15, 0.2) is 5.76 Å². The number of aryl methyl sites for hydroxylation is 2. The third-order valence-corrected chi connectivity index (χ3v) is 5.00. The van der Waals surface area contributed by atoms with Crippen molar-refractivity contribution < 1.29 is 13.6 Å². The van der Waals surface area contributed by atoms with E-state index in [-0.39, 0.29) is 5.91 Å². The molecule has 142 valence electrons. The average Bonchev–Trinajstić information content (AvgIpc) is 3.29. The number of carbonyl (C=O) groups is 1. The number of rotatable bonds is 5. The zero-order valence-electron chi connectivity index (χ0n) is 15.7. The minimum Gasteiger partial charge on any atom is -0.467 e. The number of fused-ring (bicyclic) bond motifs is 1. The molecule has 4 nitrogen and oxygen atoms in total. The standard InChI is InChI=1S/C23H20ClNO3/c1-15-8-9-21-20(11-15)16(2)22(28-21)23(26)25(14-19-7-4-10-27-19)13-17-5-3-6-18(24)12-17/h3-12H,13-14H2,1-2H3. The zero-order valence-corrected chi connectivity index (χ0v) is 16.5. The van der Waals surface area contributed by atoms with E-state index >= 15 is 0 Å². The third-order valence-electron chi connectivity index (χ3n) is 4.76. The van der Waals surface area contributed by atoms with Crippen LogP contribution in [0.1, 0.15) is 33.0 Å². The molecule has 0 N–H and O–H groups in total. The quantitative estimate of drug-likeness (QED) is 0.409. The van der Waals surface area contributed by atoms with E-state index < -0.39 is 0 Å². The van der Waals surface area contributed by atoms with Gasteiger partial charge in [-0.3, -0.25) is 4.79 Å². The van der Waals surface area contributed by atoms with Crippen LogP contribution in [0.2, 0.25) is 5.02 Å². The Labute approximate surface area is 168 Å². The van der Waals surface area contributed by atoms with Crippen LogP contribution in [0.5, 0.6) is 0 Å². The topological polar surface area (TPSA) is 46.6 Å². The molecule has 0 atom stereocenters. The molecular weight excluding hydrogens is 374 g/mol. The summed E-state index contributed by atoms with van der Waals surface area (Å²) in [7, 11) is 0. The highest BCUT2D eigenvalue weighted by Gasteiger charge is 2.24. The van der Waals surface area contributed by atoms with Gasteiger partial charge in [-0.2, -0.15) is 0 Å². The molecule has 2 aromatic heterocycles. The van der Waals surface area contributed by atoms with Crippen molar-refractivity contribution in [2.75, 3.05) is 0 Å². The summed E-state index contributed by atoms with van der Waals surface area (Å²) < 4.78 is 11.4. The number of hydrogen-bond acceptors (Lipinski definition) is 3. The summed E-state index contributed by atoms with van der Waals surface area (Å²) in [5.41, 5.74) is 3.63. The van der Waals surface area contributed by atoms with Crippen LogP contribution < -0.4 is 0 Å². The van der Waals surface area contributed by atoms with Crippen LogP contribution in [0.3, 0.4) is 0 Å². The number of amides is 1. The van der Waals surface area contributed by atoms with Crippen LogP contribution in [0.25, 0.3) is 11.0 Å². The summed E-state index contributed by atoms with van der Waals surface area (Å²) >= 11 is 6.12. The Bertz CT molecular complexity index is 1130. The normalized spacial score (nSPS) is 11.1. The molecule has 1 amide bonds. The van der Waals surface area contributed by atoms with Crippen molar-refractivity contribution in [1.82, 2.24) is 4.90 Å². The maximum Gasteiger partial charge on any atom is 0.290 e. The van der Waals surface area contributed by atoms with Gasteiger partial charge in [0, 0.05) is 22.5 Å². The predicted octanol–water partition coefficient (Wildman–Crippen LogP) is 6.14. The Balaban J connectivity index is 1.71. The molecule has 0 aliphatic rings. The minimum atomic E-state index is -0.178. The van der Waals surface area contributed by atoms with E-state index in [2.05, 4.69) is 0 Å². The second-order valence-electron chi connectivity index (χ2n) is 6.93. The van der Waals surface area contributed by atoms with Gasteiger partial charge in [-0.05, 0) is 55.8 Å². The molecule has 0 bridgehead atoms.